The van der Waals surface area contributed by atoms with Gasteiger partial charge in [-0.25, -0.2) is 0 Å². The number of hydrogen-bond acceptors (Lipinski definition) is 3. The summed E-state index contributed by atoms with van der Waals surface area (Å²) in [5, 5.41) is 3.51. The lowest BCUT2D eigenvalue weighted by Crippen LogP contribution is -2.48. The van der Waals surface area contributed by atoms with Gasteiger partial charge in [0.2, 0.25) is 5.91 Å². The van der Waals surface area contributed by atoms with Gasteiger partial charge in [0.25, 0.3) is 0 Å². The van der Waals surface area contributed by atoms with Crippen LogP contribution in [0.2, 0.25) is 0 Å². The van der Waals surface area contributed by atoms with Gasteiger partial charge in [0, 0.05) is 19.1 Å². The number of carbonyl (C=O) groups is 1. The Morgan fingerprint density at radius 2 is 0.925 bits per heavy atom. The van der Waals surface area contributed by atoms with Crippen LogP contribution < -0.4 is 5.32 Å². The van der Waals surface area contributed by atoms with Crippen molar-refractivity contribution >= 4 is 5.91 Å². The molecule has 0 saturated carbocycles. The van der Waals surface area contributed by atoms with Crippen molar-refractivity contribution in [3.8, 4) is 0 Å². The molecule has 4 nitrogen and oxygen atoms in total. The van der Waals surface area contributed by atoms with E-state index in [-0.39, 0.29) is 28.1 Å². The predicted molar refractivity (Wildman–Crippen MR) is 235 cm³/mol. The maximum Gasteiger partial charge on any atom is 0.220 e. The maximum atomic E-state index is 13.6. The van der Waals surface area contributed by atoms with E-state index in [2.05, 4.69) is 74.6 Å². The van der Waals surface area contributed by atoms with Crippen molar-refractivity contribution in [1.82, 2.24) is 5.32 Å². The van der Waals surface area contributed by atoms with Crippen molar-refractivity contribution in [3.05, 3.63) is 0 Å². The molecule has 4 heteroatoms. The van der Waals surface area contributed by atoms with Crippen LogP contribution in [-0.2, 0) is 14.3 Å². The first kappa shape index (κ1) is 52.4. The van der Waals surface area contributed by atoms with Crippen molar-refractivity contribution in [3.63, 3.8) is 0 Å². The Morgan fingerprint density at radius 1 is 0.547 bits per heavy atom. The fourth-order valence-corrected chi connectivity index (χ4v) is 8.83. The quantitative estimate of drug-likeness (QED) is 0.0637. The minimum Gasteiger partial charge on any atom is -0.379 e. The normalized spacial score (nSPS) is 13.9. The van der Waals surface area contributed by atoms with E-state index in [9.17, 15) is 4.79 Å². The second-order valence-electron chi connectivity index (χ2n) is 19.7. The summed E-state index contributed by atoms with van der Waals surface area (Å²) in [6, 6.07) is 0. The molecule has 0 spiro atoms. The molecular weight excluding hydrogens is 651 g/mol. The van der Waals surface area contributed by atoms with Crippen molar-refractivity contribution in [2.45, 2.75) is 285 Å². The summed E-state index contributed by atoms with van der Waals surface area (Å²) in [5.74, 6) is 0.767. The summed E-state index contributed by atoms with van der Waals surface area (Å²) in [5.41, 5.74) is -0.596. The smallest absolute Gasteiger partial charge is 0.220 e. The summed E-state index contributed by atoms with van der Waals surface area (Å²) in [6.07, 6.45) is 40.1. The zero-order valence-electron chi connectivity index (χ0n) is 38.4. The molecule has 53 heavy (non-hydrogen) atoms. The maximum absolute atomic E-state index is 13.6. The van der Waals surface area contributed by atoms with Gasteiger partial charge in [0.15, 0.2) is 0 Å². The molecular formula is C49H99NO3. The highest BCUT2D eigenvalue weighted by Crippen LogP contribution is 2.39. The molecule has 0 saturated heterocycles. The van der Waals surface area contributed by atoms with Gasteiger partial charge in [0.05, 0.1) is 17.8 Å². The molecule has 1 N–H and O–H groups in total. The number of amides is 1. The Bertz CT molecular complexity index is 808. The summed E-state index contributed by atoms with van der Waals surface area (Å²) in [6.45, 7) is 23.2. The van der Waals surface area contributed by atoms with Crippen LogP contribution in [-0.4, -0.2) is 36.4 Å². The van der Waals surface area contributed by atoms with Crippen LogP contribution in [0.25, 0.3) is 0 Å². The monoisotopic (exact) mass is 750 g/mol. The van der Waals surface area contributed by atoms with Crippen molar-refractivity contribution in [2.24, 2.45) is 11.3 Å². The SMILES string of the molecule is CCCCCCCCCCCCCCC(CCCCCCCCCCCCCC)CC(=O)NC(C)(C)CC(C)(C)CC(C)(CC)OCCC(C)(C)OC. The predicted octanol–water partition coefficient (Wildman–Crippen LogP) is 15.9. The van der Waals surface area contributed by atoms with E-state index in [1.54, 1.807) is 7.11 Å². The lowest BCUT2D eigenvalue weighted by molar-refractivity contribution is -0.124. The van der Waals surface area contributed by atoms with E-state index in [1.807, 2.05) is 0 Å². The highest BCUT2D eigenvalue weighted by atomic mass is 16.5. The molecule has 1 atom stereocenters. The lowest BCUT2D eigenvalue weighted by atomic mass is 9.72. The molecule has 1 amide bonds. The molecule has 0 rings (SSSR count). The van der Waals surface area contributed by atoms with Gasteiger partial charge in [-0.2, -0.15) is 0 Å². The van der Waals surface area contributed by atoms with Gasteiger partial charge < -0.3 is 14.8 Å². The minimum atomic E-state index is -0.260. The largest absolute Gasteiger partial charge is 0.379 e. The van der Waals surface area contributed by atoms with Gasteiger partial charge >= 0.3 is 0 Å². The number of ether oxygens (including phenoxy) is 2. The molecule has 0 aliphatic carbocycles. The molecule has 0 heterocycles. The molecule has 0 aromatic rings. The summed E-state index contributed by atoms with van der Waals surface area (Å²) in [7, 11) is 1.78. The highest BCUT2D eigenvalue weighted by Gasteiger charge is 2.37. The Hall–Kier alpha value is -0.610. The number of rotatable bonds is 39. The molecule has 0 aliphatic heterocycles. The Balaban J connectivity index is 4.88. The average Bonchev–Trinajstić information content (AvgIpc) is 3.07. The molecule has 0 aromatic heterocycles. The summed E-state index contributed by atoms with van der Waals surface area (Å²) in [4.78, 5) is 13.6. The number of nitrogens with one attached hydrogen (secondary N) is 1. The topological polar surface area (TPSA) is 47.6 Å². The number of carbonyl (C=O) groups excluding carboxylic acids is 1. The van der Waals surface area contributed by atoms with Gasteiger partial charge in [0.1, 0.15) is 0 Å². The zero-order valence-corrected chi connectivity index (χ0v) is 38.4. The van der Waals surface area contributed by atoms with E-state index in [1.165, 1.54) is 167 Å². The van der Waals surface area contributed by atoms with E-state index in [0.717, 1.165) is 25.7 Å². The fourth-order valence-electron chi connectivity index (χ4n) is 8.83. The molecule has 0 bridgehead atoms. The first-order valence-electron chi connectivity index (χ1n) is 23.6. The van der Waals surface area contributed by atoms with Crippen LogP contribution in [0.4, 0.5) is 0 Å². The van der Waals surface area contributed by atoms with Crippen LogP contribution in [0.5, 0.6) is 0 Å². The van der Waals surface area contributed by atoms with Crippen LogP contribution in [0.15, 0.2) is 0 Å². The van der Waals surface area contributed by atoms with Crippen LogP contribution in [0, 0.1) is 11.3 Å². The number of hydrogen-bond donors (Lipinski definition) is 1. The number of unbranched alkanes of at least 4 members (excludes halogenated alkanes) is 22. The standard InChI is InChI=1S/C49H99NO3/c1-12-15-17-19-21-23-25-27-29-31-33-35-37-44(38-36-34-32-30-28-26-24-22-20-18-16-13-2)41-45(51)50-47(6,7)42-46(4,5)43-49(10,14-3)53-40-39-48(8,9)52-11/h44H,12-43H2,1-11H3,(H,50,51). The lowest BCUT2D eigenvalue weighted by Gasteiger charge is -2.42. The van der Waals surface area contributed by atoms with Crippen LogP contribution >= 0.6 is 0 Å². The second kappa shape index (κ2) is 31.5. The third-order valence-electron chi connectivity index (χ3n) is 12.1. The van der Waals surface area contributed by atoms with Gasteiger partial charge in [-0.15, -0.1) is 0 Å². The third-order valence-corrected chi connectivity index (χ3v) is 12.1. The summed E-state index contributed by atoms with van der Waals surface area (Å²) >= 11 is 0. The molecule has 1 unspecified atom stereocenters. The highest BCUT2D eigenvalue weighted by molar-refractivity contribution is 5.77. The van der Waals surface area contributed by atoms with E-state index in [0.29, 0.717) is 18.9 Å². The van der Waals surface area contributed by atoms with Gasteiger partial charge in [-0.3, -0.25) is 4.79 Å². The molecule has 0 fully saturated rings. The first-order valence-corrected chi connectivity index (χ1v) is 23.6. The second-order valence-corrected chi connectivity index (χ2v) is 19.7. The molecule has 0 aliphatic rings. The zero-order chi connectivity index (χ0) is 39.9. The Kier molecular flexibility index (Phi) is 31.1. The van der Waals surface area contributed by atoms with Crippen LogP contribution in [0.3, 0.4) is 0 Å². The Labute approximate surface area is 334 Å². The fraction of sp³-hybridized carbons (Fsp3) is 0.980. The third kappa shape index (κ3) is 32.2. The van der Waals surface area contributed by atoms with Crippen molar-refractivity contribution in [1.29, 1.82) is 0 Å². The first-order chi connectivity index (χ1) is 25.1. The molecule has 0 aromatic carbocycles. The number of methoxy groups -OCH3 is 1. The molecule has 0 radical (unpaired) electrons. The minimum absolute atomic E-state index is 0.0296. The Morgan fingerprint density at radius 3 is 1.28 bits per heavy atom. The van der Waals surface area contributed by atoms with E-state index < -0.39 is 0 Å². The van der Waals surface area contributed by atoms with Crippen molar-refractivity contribution in [2.75, 3.05) is 13.7 Å². The van der Waals surface area contributed by atoms with Crippen molar-refractivity contribution < 1.29 is 14.3 Å². The van der Waals surface area contributed by atoms with Gasteiger partial charge in [-0.1, -0.05) is 189 Å². The summed E-state index contributed by atoms with van der Waals surface area (Å²) < 4.78 is 12.1. The van der Waals surface area contributed by atoms with Crippen LogP contribution in [0.1, 0.15) is 268 Å². The average molecular weight is 750 g/mol. The van der Waals surface area contributed by atoms with E-state index >= 15 is 0 Å². The van der Waals surface area contributed by atoms with Gasteiger partial charge in [-0.05, 0) is 84.5 Å². The van der Waals surface area contributed by atoms with E-state index in [4.69, 9.17) is 9.47 Å². The molecule has 318 valence electrons.